The SMILES string of the molecule is N#Cc1c(O)c(-c2ccsc2)nn(CC2CC2)c1=O. The van der Waals surface area contributed by atoms with Crippen LogP contribution in [0, 0.1) is 17.2 Å². The fraction of sp³-hybridized carbons (Fsp3) is 0.308. The van der Waals surface area contributed by atoms with Crippen LogP contribution >= 0.6 is 11.3 Å². The number of nitriles is 1. The Hall–Kier alpha value is -2.13. The Morgan fingerprint density at radius 3 is 2.95 bits per heavy atom. The highest BCUT2D eigenvalue weighted by molar-refractivity contribution is 7.08. The van der Waals surface area contributed by atoms with Crippen molar-refractivity contribution in [1.29, 1.82) is 5.26 Å². The zero-order valence-electron chi connectivity index (χ0n) is 10.0. The molecule has 0 amide bonds. The lowest BCUT2D eigenvalue weighted by Crippen LogP contribution is -2.26. The summed E-state index contributed by atoms with van der Waals surface area (Å²) in [6, 6.07) is 3.59. The molecule has 2 aromatic rings. The van der Waals surface area contributed by atoms with Gasteiger partial charge in [-0.05, 0) is 30.2 Å². The average Bonchev–Trinajstić information content (AvgIpc) is 3.04. The Morgan fingerprint density at radius 2 is 2.37 bits per heavy atom. The summed E-state index contributed by atoms with van der Waals surface area (Å²) in [7, 11) is 0. The van der Waals surface area contributed by atoms with Gasteiger partial charge in [0.2, 0.25) is 0 Å². The molecule has 0 aromatic carbocycles. The maximum absolute atomic E-state index is 12.0. The maximum Gasteiger partial charge on any atom is 0.288 e. The second-order valence-corrected chi connectivity index (χ2v) is 5.41. The molecule has 0 bridgehead atoms. The third kappa shape index (κ3) is 2.13. The van der Waals surface area contributed by atoms with Gasteiger partial charge in [0.15, 0.2) is 11.3 Å². The van der Waals surface area contributed by atoms with Crippen molar-refractivity contribution in [1.82, 2.24) is 9.78 Å². The fourth-order valence-electron chi connectivity index (χ4n) is 1.93. The van der Waals surface area contributed by atoms with Crippen LogP contribution < -0.4 is 5.56 Å². The van der Waals surface area contributed by atoms with Crippen LogP contribution in [0.4, 0.5) is 0 Å². The van der Waals surface area contributed by atoms with Gasteiger partial charge >= 0.3 is 0 Å². The van der Waals surface area contributed by atoms with Crippen LogP contribution in [0.2, 0.25) is 0 Å². The molecule has 3 rings (SSSR count). The molecule has 0 radical (unpaired) electrons. The summed E-state index contributed by atoms with van der Waals surface area (Å²) in [6.07, 6.45) is 2.18. The molecule has 0 atom stereocenters. The summed E-state index contributed by atoms with van der Waals surface area (Å²) < 4.78 is 1.31. The Kier molecular flexibility index (Phi) is 2.84. The van der Waals surface area contributed by atoms with E-state index >= 15 is 0 Å². The molecule has 1 aliphatic rings. The van der Waals surface area contributed by atoms with Gasteiger partial charge in [0.25, 0.3) is 5.56 Å². The molecule has 96 valence electrons. The second-order valence-electron chi connectivity index (χ2n) is 4.63. The highest BCUT2D eigenvalue weighted by Crippen LogP contribution is 2.32. The topological polar surface area (TPSA) is 78.9 Å². The molecule has 0 unspecified atom stereocenters. The van der Waals surface area contributed by atoms with Gasteiger partial charge < -0.3 is 5.11 Å². The normalized spacial score (nSPS) is 14.3. The van der Waals surface area contributed by atoms with E-state index in [0.29, 0.717) is 18.2 Å². The maximum atomic E-state index is 12.0. The first kappa shape index (κ1) is 11.9. The Bertz CT molecular complexity index is 709. The molecular weight excluding hydrogens is 262 g/mol. The van der Waals surface area contributed by atoms with Crippen LogP contribution in [0.25, 0.3) is 11.3 Å². The number of thiophene rings is 1. The summed E-state index contributed by atoms with van der Waals surface area (Å²) in [5, 5.41) is 27.0. The first-order valence-electron chi connectivity index (χ1n) is 5.97. The van der Waals surface area contributed by atoms with Crippen molar-refractivity contribution in [3.05, 3.63) is 32.7 Å². The predicted molar refractivity (Wildman–Crippen MR) is 70.9 cm³/mol. The van der Waals surface area contributed by atoms with Crippen molar-refractivity contribution in [2.75, 3.05) is 0 Å². The Balaban J connectivity index is 2.18. The van der Waals surface area contributed by atoms with Gasteiger partial charge in [0.1, 0.15) is 11.8 Å². The molecular formula is C13H11N3O2S. The van der Waals surface area contributed by atoms with E-state index in [1.54, 1.807) is 12.1 Å². The second kappa shape index (κ2) is 4.52. The van der Waals surface area contributed by atoms with E-state index in [4.69, 9.17) is 5.26 Å². The zero-order valence-corrected chi connectivity index (χ0v) is 10.9. The summed E-state index contributed by atoms with van der Waals surface area (Å²) in [5.41, 5.74) is 0.296. The largest absolute Gasteiger partial charge is 0.504 e. The summed E-state index contributed by atoms with van der Waals surface area (Å²) in [5.74, 6) is 0.148. The highest BCUT2D eigenvalue weighted by atomic mass is 32.1. The highest BCUT2D eigenvalue weighted by Gasteiger charge is 2.25. The standard InChI is InChI=1S/C13H11N3O2S/c14-5-10-12(17)11(9-3-4-19-7-9)15-16(13(10)18)6-8-1-2-8/h3-4,7-8,17H,1-2,6H2. The van der Waals surface area contributed by atoms with Gasteiger partial charge in [-0.2, -0.15) is 21.7 Å². The third-order valence-electron chi connectivity index (χ3n) is 3.16. The number of hydrogen-bond donors (Lipinski definition) is 1. The smallest absolute Gasteiger partial charge is 0.288 e. The van der Waals surface area contributed by atoms with Crippen LogP contribution in [0.15, 0.2) is 21.6 Å². The van der Waals surface area contributed by atoms with Crippen molar-refractivity contribution in [3.8, 4) is 23.1 Å². The summed E-state index contributed by atoms with van der Waals surface area (Å²) >= 11 is 1.47. The molecule has 1 saturated carbocycles. The van der Waals surface area contributed by atoms with Crippen molar-refractivity contribution >= 4 is 11.3 Å². The van der Waals surface area contributed by atoms with Crippen molar-refractivity contribution in [2.45, 2.75) is 19.4 Å². The number of aromatic nitrogens is 2. The van der Waals surface area contributed by atoms with Crippen LogP contribution in [0.1, 0.15) is 18.4 Å². The Labute approximate surface area is 113 Å². The van der Waals surface area contributed by atoms with Gasteiger partial charge in [-0.3, -0.25) is 4.79 Å². The molecule has 2 heterocycles. The molecule has 19 heavy (non-hydrogen) atoms. The van der Waals surface area contributed by atoms with Crippen LogP contribution in [-0.4, -0.2) is 14.9 Å². The van der Waals surface area contributed by atoms with E-state index in [0.717, 1.165) is 18.4 Å². The molecule has 1 N–H and O–H groups in total. The molecule has 1 aliphatic carbocycles. The van der Waals surface area contributed by atoms with E-state index in [1.165, 1.54) is 16.0 Å². The van der Waals surface area contributed by atoms with Crippen LogP contribution in [0.5, 0.6) is 5.75 Å². The van der Waals surface area contributed by atoms with Crippen molar-refractivity contribution in [2.24, 2.45) is 5.92 Å². The third-order valence-corrected chi connectivity index (χ3v) is 3.85. The van der Waals surface area contributed by atoms with Gasteiger partial charge in [-0.1, -0.05) is 0 Å². The molecule has 2 aromatic heterocycles. The van der Waals surface area contributed by atoms with Crippen LogP contribution in [-0.2, 0) is 6.54 Å². The van der Waals surface area contributed by atoms with E-state index < -0.39 is 5.56 Å². The van der Waals surface area contributed by atoms with Crippen molar-refractivity contribution in [3.63, 3.8) is 0 Å². The minimum atomic E-state index is -0.508. The van der Waals surface area contributed by atoms with E-state index in [2.05, 4.69) is 5.10 Å². The van der Waals surface area contributed by atoms with E-state index in [-0.39, 0.29) is 11.3 Å². The summed E-state index contributed by atoms with van der Waals surface area (Å²) in [6.45, 7) is 0.519. The van der Waals surface area contributed by atoms with Crippen molar-refractivity contribution < 1.29 is 5.11 Å². The van der Waals surface area contributed by atoms with E-state index in [1.807, 2.05) is 10.8 Å². The Morgan fingerprint density at radius 1 is 1.58 bits per heavy atom. The van der Waals surface area contributed by atoms with Gasteiger partial charge in [-0.25, -0.2) is 4.68 Å². The first-order valence-corrected chi connectivity index (χ1v) is 6.91. The molecule has 1 fully saturated rings. The lowest BCUT2D eigenvalue weighted by Gasteiger charge is -2.09. The molecule has 5 nitrogen and oxygen atoms in total. The minimum Gasteiger partial charge on any atom is -0.504 e. The first-order chi connectivity index (χ1) is 9.20. The molecule has 0 aliphatic heterocycles. The van der Waals surface area contributed by atoms with Gasteiger partial charge in [0.05, 0.1) is 0 Å². The molecule has 6 heteroatoms. The summed E-state index contributed by atoms with van der Waals surface area (Å²) in [4.78, 5) is 12.0. The van der Waals surface area contributed by atoms with E-state index in [9.17, 15) is 9.90 Å². The number of nitrogens with zero attached hydrogens (tertiary/aromatic N) is 3. The predicted octanol–water partition coefficient (Wildman–Crippen LogP) is 1.96. The molecule has 0 spiro atoms. The van der Waals surface area contributed by atoms with Gasteiger partial charge in [0, 0.05) is 17.5 Å². The number of aromatic hydroxyl groups is 1. The minimum absolute atomic E-state index is 0.225. The monoisotopic (exact) mass is 273 g/mol. The zero-order chi connectivity index (χ0) is 13.4. The fourth-order valence-corrected chi connectivity index (χ4v) is 2.57. The lowest BCUT2D eigenvalue weighted by molar-refractivity contribution is 0.455. The number of hydrogen-bond acceptors (Lipinski definition) is 5. The average molecular weight is 273 g/mol. The lowest BCUT2D eigenvalue weighted by atomic mass is 10.1. The molecule has 0 saturated heterocycles. The number of rotatable bonds is 3. The van der Waals surface area contributed by atoms with Crippen LogP contribution in [0.3, 0.4) is 0 Å². The van der Waals surface area contributed by atoms with Gasteiger partial charge in [-0.15, -0.1) is 0 Å². The quantitative estimate of drug-likeness (QED) is 0.927.